The third-order valence-corrected chi connectivity index (χ3v) is 3.06. The van der Waals surface area contributed by atoms with Crippen molar-refractivity contribution in [2.45, 2.75) is 13.5 Å². The highest BCUT2D eigenvalue weighted by Gasteiger charge is 2.08. The van der Waals surface area contributed by atoms with Crippen LogP contribution in [0, 0.1) is 0 Å². The van der Waals surface area contributed by atoms with Crippen LogP contribution in [0.15, 0.2) is 48.5 Å². The Hall–Kier alpha value is -2.82. The minimum atomic E-state index is -0.177. The summed E-state index contributed by atoms with van der Waals surface area (Å²) < 4.78 is 5.19. The predicted molar refractivity (Wildman–Crippen MR) is 84.9 cm³/mol. The highest BCUT2D eigenvalue weighted by Crippen LogP contribution is 2.25. The van der Waals surface area contributed by atoms with Crippen LogP contribution < -0.4 is 15.4 Å². The molecule has 0 saturated carbocycles. The molecule has 0 spiro atoms. The number of anilines is 1. The van der Waals surface area contributed by atoms with E-state index in [0.717, 1.165) is 5.56 Å². The van der Waals surface area contributed by atoms with E-state index in [1.54, 1.807) is 24.3 Å². The SMILES string of the molecule is COc1ccc(CNC(=O)c2ccccc2)cc1NC(C)=O. The number of nitrogens with one attached hydrogen (secondary N) is 2. The highest BCUT2D eigenvalue weighted by molar-refractivity contribution is 5.94. The summed E-state index contributed by atoms with van der Waals surface area (Å²) in [6.07, 6.45) is 0. The second-order valence-electron chi connectivity index (χ2n) is 4.76. The molecule has 22 heavy (non-hydrogen) atoms. The van der Waals surface area contributed by atoms with Gasteiger partial charge in [-0.1, -0.05) is 24.3 Å². The van der Waals surface area contributed by atoms with E-state index < -0.39 is 0 Å². The van der Waals surface area contributed by atoms with Crippen molar-refractivity contribution in [3.63, 3.8) is 0 Å². The second-order valence-corrected chi connectivity index (χ2v) is 4.76. The van der Waals surface area contributed by atoms with E-state index in [-0.39, 0.29) is 11.8 Å². The zero-order valence-electron chi connectivity index (χ0n) is 12.6. The van der Waals surface area contributed by atoms with Gasteiger partial charge >= 0.3 is 0 Å². The van der Waals surface area contributed by atoms with Gasteiger partial charge in [-0.05, 0) is 29.8 Å². The maximum absolute atomic E-state index is 12.0. The molecule has 0 aliphatic rings. The smallest absolute Gasteiger partial charge is 0.251 e. The van der Waals surface area contributed by atoms with Crippen LogP contribution in [0.25, 0.3) is 0 Å². The molecule has 0 saturated heterocycles. The standard InChI is InChI=1S/C17H18N2O3/c1-12(20)19-15-10-13(8-9-16(15)22-2)11-18-17(21)14-6-4-3-5-7-14/h3-10H,11H2,1-2H3,(H,18,21)(H,19,20). The van der Waals surface area contributed by atoms with Crippen molar-refractivity contribution in [2.24, 2.45) is 0 Å². The lowest BCUT2D eigenvalue weighted by Crippen LogP contribution is -2.22. The average Bonchev–Trinajstić information content (AvgIpc) is 2.53. The van der Waals surface area contributed by atoms with Crippen LogP contribution in [0.4, 0.5) is 5.69 Å². The summed E-state index contributed by atoms with van der Waals surface area (Å²) in [5, 5.41) is 5.55. The normalized spacial score (nSPS) is 9.91. The number of hydrogen-bond acceptors (Lipinski definition) is 3. The maximum Gasteiger partial charge on any atom is 0.251 e. The third kappa shape index (κ3) is 4.09. The van der Waals surface area contributed by atoms with E-state index >= 15 is 0 Å². The Labute approximate surface area is 129 Å². The van der Waals surface area contributed by atoms with Gasteiger partial charge in [-0.25, -0.2) is 0 Å². The van der Waals surface area contributed by atoms with Gasteiger partial charge in [0.15, 0.2) is 0 Å². The molecular formula is C17H18N2O3. The van der Waals surface area contributed by atoms with Gasteiger partial charge in [0.05, 0.1) is 12.8 Å². The van der Waals surface area contributed by atoms with Gasteiger partial charge in [-0.3, -0.25) is 9.59 Å². The van der Waals surface area contributed by atoms with Gasteiger partial charge in [0.2, 0.25) is 5.91 Å². The molecule has 114 valence electrons. The topological polar surface area (TPSA) is 67.4 Å². The molecule has 0 aliphatic carbocycles. The minimum Gasteiger partial charge on any atom is -0.495 e. The monoisotopic (exact) mass is 298 g/mol. The Morgan fingerprint density at radius 2 is 1.82 bits per heavy atom. The molecule has 0 radical (unpaired) electrons. The molecule has 2 amide bonds. The number of carbonyl (C=O) groups is 2. The first-order chi connectivity index (χ1) is 10.6. The molecule has 2 N–H and O–H groups in total. The summed E-state index contributed by atoms with van der Waals surface area (Å²) >= 11 is 0. The summed E-state index contributed by atoms with van der Waals surface area (Å²) in [4.78, 5) is 23.2. The molecule has 0 atom stereocenters. The van der Waals surface area contributed by atoms with Gasteiger partial charge < -0.3 is 15.4 Å². The minimum absolute atomic E-state index is 0.141. The van der Waals surface area contributed by atoms with Crippen molar-refractivity contribution in [1.29, 1.82) is 0 Å². The Bertz CT molecular complexity index is 669. The molecule has 0 bridgehead atoms. The van der Waals surface area contributed by atoms with Crippen LogP contribution in [-0.4, -0.2) is 18.9 Å². The summed E-state index contributed by atoms with van der Waals surface area (Å²) in [7, 11) is 1.54. The van der Waals surface area contributed by atoms with Gasteiger partial charge in [0.25, 0.3) is 5.91 Å². The Morgan fingerprint density at radius 1 is 1.09 bits per heavy atom. The largest absolute Gasteiger partial charge is 0.495 e. The molecule has 5 nitrogen and oxygen atoms in total. The van der Waals surface area contributed by atoms with Crippen molar-refractivity contribution in [1.82, 2.24) is 5.32 Å². The van der Waals surface area contributed by atoms with E-state index in [1.807, 2.05) is 24.3 Å². The van der Waals surface area contributed by atoms with E-state index in [1.165, 1.54) is 14.0 Å². The van der Waals surface area contributed by atoms with Crippen LogP contribution in [0.2, 0.25) is 0 Å². The van der Waals surface area contributed by atoms with E-state index in [4.69, 9.17) is 4.74 Å². The zero-order valence-corrected chi connectivity index (χ0v) is 12.6. The Morgan fingerprint density at radius 3 is 2.45 bits per heavy atom. The Balaban J connectivity index is 2.07. The van der Waals surface area contributed by atoms with Crippen LogP contribution in [0.5, 0.6) is 5.75 Å². The van der Waals surface area contributed by atoms with Crippen molar-refractivity contribution >= 4 is 17.5 Å². The summed E-state index contributed by atoms with van der Waals surface area (Å²) in [6, 6.07) is 14.4. The van der Waals surface area contributed by atoms with Crippen LogP contribution in [0.1, 0.15) is 22.8 Å². The fraction of sp³-hybridized carbons (Fsp3) is 0.176. The quantitative estimate of drug-likeness (QED) is 0.891. The molecule has 2 aromatic rings. The van der Waals surface area contributed by atoms with E-state index in [9.17, 15) is 9.59 Å². The van der Waals surface area contributed by atoms with Crippen molar-refractivity contribution < 1.29 is 14.3 Å². The van der Waals surface area contributed by atoms with Crippen LogP contribution >= 0.6 is 0 Å². The first-order valence-corrected chi connectivity index (χ1v) is 6.88. The Kier molecular flexibility index (Phi) is 5.14. The van der Waals surface area contributed by atoms with Crippen molar-refractivity contribution in [3.05, 3.63) is 59.7 Å². The average molecular weight is 298 g/mol. The predicted octanol–water partition coefficient (Wildman–Crippen LogP) is 2.58. The second kappa shape index (κ2) is 7.26. The lowest BCUT2D eigenvalue weighted by molar-refractivity contribution is -0.114. The number of rotatable bonds is 5. The van der Waals surface area contributed by atoms with Gasteiger partial charge in [-0.15, -0.1) is 0 Å². The molecule has 0 aliphatic heterocycles. The van der Waals surface area contributed by atoms with E-state index in [0.29, 0.717) is 23.5 Å². The molecule has 0 unspecified atom stereocenters. The first-order valence-electron chi connectivity index (χ1n) is 6.88. The zero-order chi connectivity index (χ0) is 15.9. The van der Waals surface area contributed by atoms with Crippen molar-refractivity contribution in [2.75, 3.05) is 12.4 Å². The van der Waals surface area contributed by atoms with Gasteiger partial charge in [0, 0.05) is 19.0 Å². The first kappa shape index (κ1) is 15.6. The lowest BCUT2D eigenvalue weighted by atomic mass is 10.1. The molecule has 5 heteroatoms. The third-order valence-electron chi connectivity index (χ3n) is 3.06. The van der Waals surface area contributed by atoms with Gasteiger partial charge in [-0.2, -0.15) is 0 Å². The molecule has 0 fully saturated rings. The molecule has 2 aromatic carbocycles. The summed E-state index contributed by atoms with van der Waals surface area (Å²) in [5.41, 5.74) is 2.06. The fourth-order valence-corrected chi connectivity index (χ4v) is 2.03. The van der Waals surface area contributed by atoms with Crippen molar-refractivity contribution in [3.8, 4) is 5.75 Å². The molecule has 0 aromatic heterocycles. The maximum atomic E-state index is 12.0. The number of benzene rings is 2. The molecular weight excluding hydrogens is 280 g/mol. The number of hydrogen-bond donors (Lipinski definition) is 2. The summed E-state index contributed by atoms with van der Waals surface area (Å²) in [5.74, 6) is 0.259. The van der Waals surface area contributed by atoms with E-state index in [2.05, 4.69) is 10.6 Å². The fourth-order valence-electron chi connectivity index (χ4n) is 2.03. The highest BCUT2D eigenvalue weighted by atomic mass is 16.5. The molecule has 2 rings (SSSR count). The van der Waals surface area contributed by atoms with Gasteiger partial charge in [0.1, 0.15) is 5.75 Å². The van der Waals surface area contributed by atoms with Crippen LogP contribution in [0.3, 0.4) is 0 Å². The number of methoxy groups -OCH3 is 1. The number of ether oxygens (including phenoxy) is 1. The number of carbonyl (C=O) groups excluding carboxylic acids is 2. The number of amides is 2. The van der Waals surface area contributed by atoms with Crippen LogP contribution in [-0.2, 0) is 11.3 Å². The lowest BCUT2D eigenvalue weighted by Gasteiger charge is -2.11. The molecule has 0 heterocycles. The summed E-state index contributed by atoms with van der Waals surface area (Å²) in [6.45, 7) is 1.80.